The number of hydrogen-bond donors (Lipinski definition) is 2. The smallest absolute Gasteiger partial charge is 0.303 e. The first-order valence-corrected chi connectivity index (χ1v) is 9.92. The van der Waals surface area contributed by atoms with Gasteiger partial charge < -0.3 is 10.8 Å². The molecular formula is C20H41NO3. The second-order valence-electron chi connectivity index (χ2n) is 6.94. The van der Waals surface area contributed by atoms with Gasteiger partial charge in [-0.1, -0.05) is 97.8 Å². The number of aliphatic carboxylic acids is 1. The van der Waals surface area contributed by atoms with Crippen molar-refractivity contribution in [2.45, 2.75) is 111 Å². The summed E-state index contributed by atoms with van der Waals surface area (Å²) in [4.78, 5) is 20.2. The molecule has 4 heteroatoms. The van der Waals surface area contributed by atoms with Crippen LogP contribution < -0.4 is 5.73 Å². The highest BCUT2D eigenvalue weighted by Crippen LogP contribution is 2.12. The lowest BCUT2D eigenvalue weighted by Gasteiger charge is -2.02. The highest BCUT2D eigenvalue weighted by Gasteiger charge is 1.97. The van der Waals surface area contributed by atoms with Gasteiger partial charge in [-0.3, -0.25) is 9.59 Å². The fourth-order valence-corrected chi connectivity index (χ4v) is 2.29. The van der Waals surface area contributed by atoms with Crippen molar-refractivity contribution < 1.29 is 14.7 Å². The molecule has 0 radical (unpaired) electrons. The maximum atomic E-state index is 10.3. The Morgan fingerprint density at radius 2 is 1.04 bits per heavy atom. The Kier molecular flexibility index (Phi) is 21.0. The third kappa shape index (κ3) is 25.9. The van der Waals surface area contributed by atoms with Crippen LogP contribution in [0, 0.1) is 5.92 Å². The van der Waals surface area contributed by atoms with Gasteiger partial charge in [0.05, 0.1) is 0 Å². The number of nitrogens with two attached hydrogens (primary N) is 1. The Morgan fingerprint density at radius 3 is 1.29 bits per heavy atom. The van der Waals surface area contributed by atoms with E-state index in [4.69, 9.17) is 10.8 Å². The van der Waals surface area contributed by atoms with Crippen LogP contribution in [-0.4, -0.2) is 17.0 Å². The number of unbranched alkanes of at least 4 members (excludes halogenated alkanes) is 12. The molecule has 24 heavy (non-hydrogen) atoms. The molecule has 1 amide bonds. The summed E-state index contributed by atoms with van der Waals surface area (Å²) in [6.07, 6.45) is 17.3. The van der Waals surface area contributed by atoms with Crippen molar-refractivity contribution in [3.8, 4) is 0 Å². The zero-order valence-electron chi connectivity index (χ0n) is 16.3. The molecule has 0 saturated carbocycles. The van der Waals surface area contributed by atoms with Crippen molar-refractivity contribution in [3.05, 3.63) is 0 Å². The minimum atomic E-state index is -0.655. The maximum absolute atomic E-state index is 10.3. The normalized spacial score (nSPS) is 10.3. The number of hydrogen-bond acceptors (Lipinski definition) is 2. The lowest BCUT2D eigenvalue weighted by molar-refractivity contribution is -0.137. The number of carboxylic acid groups (broad SMARTS) is 1. The van der Waals surface area contributed by atoms with Crippen molar-refractivity contribution in [2.24, 2.45) is 11.7 Å². The van der Waals surface area contributed by atoms with E-state index in [1.54, 1.807) is 13.8 Å². The van der Waals surface area contributed by atoms with Gasteiger partial charge in [0.15, 0.2) is 0 Å². The molecule has 0 heterocycles. The minimum absolute atomic E-state index is 0.00926. The average Bonchev–Trinajstić information content (AvgIpc) is 2.52. The van der Waals surface area contributed by atoms with E-state index >= 15 is 0 Å². The van der Waals surface area contributed by atoms with Crippen molar-refractivity contribution >= 4 is 11.9 Å². The van der Waals surface area contributed by atoms with Crippen LogP contribution in [0.25, 0.3) is 0 Å². The molecule has 0 spiro atoms. The standard InChI is InChI=1S/C16H32O2.C4H9NO/c1-2-3-4-5-6-7-8-9-10-11-12-13-14-15-16(17)18;1-3(2)4(5)6/h2-15H2,1H3,(H,17,18);3H,1-2H3,(H2,5,6). The van der Waals surface area contributed by atoms with Crippen LogP contribution in [0.5, 0.6) is 0 Å². The number of carboxylic acids is 1. The van der Waals surface area contributed by atoms with Crippen LogP contribution in [0.2, 0.25) is 0 Å². The quantitative estimate of drug-likeness (QED) is 0.375. The van der Waals surface area contributed by atoms with Crippen LogP contribution in [0.15, 0.2) is 0 Å². The van der Waals surface area contributed by atoms with Crippen molar-refractivity contribution in [3.63, 3.8) is 0 Å². The molecule has 0 saturated heterocycles. The minimum Gasteiger partial charge on any atom is -0.481 e. The Morgan fingerprint density at radius 1 is 0.750 bits per heavy atom. The van der Waals surface area contributed by atoms with E-state index in [1.165, 1.54) is 70.6 Å². The predicted octanol–water partition coefficient (Wildman–Crippen LogP) is 5.68. The highest BCUT2D eigenvalue weighted by atomic mass is 16.4. The second kappa shape index (κ2) is 20.0. The molecule has 0 unspecified atom stereocenters. The average molecular weight is 344 g/mol. The summed E-state index contributed by atoms with van der Waals surface area (Å²) >= 11 is 0. The lowest BCUT2D eigenvalue weighted by atomic mass is 10.0. The summed E-state index contributed by atoms with van der Waals surface area (Å²) in [5.74, 6) is -0.905. The molecule has 0 rings (SSSR count). The van der Waals surface area contributed by atoms with Gasteiger partial charge in [0.2, 0.25) is 5.91 Å². The molecule has 0 atom stereocenters. The van der Waals surface area contributed by atoms with Crippen LogP contribution >= 0.6 is 0 Å². The first-order valence-electron chi connectivity index (χ1n) is 9.92. The number of amides is 1. The summed E-state index contributed by atoms with van der Waals surface area (Å²) < 4.78 is 0. The van der Waals surface area contributed by atoms with E-state index in [0.717, 1.165) is 12.8 Å². The Labute approximate surface area is 149 Å². The van der Waals surface area contributed by atoms with Gasteiger partial charge in [-0.05, 0) is 6.42 Å². The molecule has 0 fully saturated rings. The van der Waals surface area contributed by atoms with E-state index in [9.17, 15) is 9.59 Å². The highest BCUT2D eigenvalue weighted by molar-refractivity contribution is 5.75. The number of carbonyl (C=O) groups excluding carboxylic acids is 1. The van der Waals surface area contributed by atoms with Crippen LogP contribution in [0.1, 0.15) is 111 Å². The van der Waals surface area contributed by atoms with Gasteiger partial charge in [0.1, 0.15) is 0 Å². The molecule has 4 nitrogen and oxygen atoms in total. The summed E-state index contributed by atoms with van der Waals surface area (Å²) in [5.41, 5.74) is 4.80. The van der Waals surface area contributed by atoms with Crippen molar-refractivity contribution in [1.29, 1.82) is 0 Å². The fourth-order valence-electron chi connectivity index (χ4n) is 2.29. The zero-order valence-corrected chi connectivity index (χ0v) is 16.3. The van der Waals surface area contributed by atoms with Crippen molar-refractivity contribution in [2.75, 3.05) is 0 Å². The van der Waals surface area contributed by atoms with E-state index < -0.39 is 5.97 Å². The molecule has 144 valence electrons. The van der Waals surface area contributed by atoms with Crippen LogP contribution in [-0.2, 0) is 9.59 Å². The van der Waals surface area contributed by atoms with E-state index in [-0.39, 0.29) is 11.8 Å². The van der Waals surface area contributed by atoms with Gasteiger partial charge in [0.25, 0.3) is 0 Å². The predicted molar refractivity (Wildman–Crippen MR) is 102 cm³/mol. The topological polar surface area (TPSA) is 80.4 Å². The molecule has 0 aromatic heterocycles. The summed E-state index contributed by atoms with van der Waals surface area (Å²) in [6.45, 7) is 5.79. The summed E-state index contributed by atoms with van der Waals surface area (Å²) in [7, 11) is 0. The Balaban J connectivity index is 0. The van der Waals surface area contributed by atoms with Crippen LogP contribution in [0.3, 0.4) is 0 Å². The van der Waals surface area contributed by atoms with E-state index in [2.05, 4.69) is 6.92 Å². The molecular weight excluding hydrogens is 302 g/mol. The maximum Gasteiger partial charge on any atom is 0.303 e. The first-order chi connectivity index (χ1) is 11.4. The number of rotatable bonds is 15. The molecule has 0 aliphatic rings. The largest absolute Gasteiger partial charge is 0.481 e. The SMILES string of the molecule is CC(C)C(N)=O.CCCCCCCCCCCCCCCC(=O)O. The number of primary amides is 1. The van der Waals surface area contributed by atoms with Crippen LogP contribution in [0.4, 0.5) is 0 Å². The Bertz CT molecular complexity index is 291. The second-order valence-corrected chi connectivity index (χ2v) is 6.94. The summed E-state index contributed by atoms with van der Waals surface area (Å²) in [5, 5.41) is 8.49. The van der Waals surface area contributed by atoms with Gasteiger partial charge >= 0.3 is 5.97 Å². The van der Waals surface area contributed by atoms with Gasteiger partial charge in [-0.25, -0.2) is 0 Å². The molecule has 0 aliphatic heterocycles. The number of carbonyl (C=O) groups is 2. The van der Waals surface area contributed by atoms with E-state index in [1.807, 2.05) is 0 Å². The molecule has 0 aromatic rings. The first kappa shape index (κ1) is 25.2. The fraction of sp³-hybridized carbons (Fsp3) is 0.900. The van der Waals surface area contributed by atoms with Gasteiger partial charge in [0, 0.05) is 12.3 Å². The third-order valence-electron chi connectivity index (χ3n) is 4.06. The monoisotopic (exact) mass is 343 g/mol. The molecule has 3 N–H and O–H groups in total. The zero-order chi connectivity index (χ0) is 18.6. The van der Waals surface area contributed by atoms with Gasteiger partial charge in [-0.2, -0.15) is 0 Å². The van der Waals surface area contributed by atoms with Gasteiger partial charge in [-0.15, -0.1) is 0 Å². The molecule has 0 aliphatic carbocycles. The summed E-state index contributed by atoms with van der Waals surface area (Å²) in [6, 6.07) is 0. The third-order valence-corrected chi connectivity index (χ3v) is 4.06. The van der Waals surface area contributed by atoms with E-state index in [0.29, 0.717) is 6.42 Å². The Hall–Kier alpha value is -1.06. The molecule has 0 aromatic carbocycles. The lowest BCUT2D eigenvalue weighted by Crippen LogP contribution is -2.17. The van der Waals surface area contributed by atoms with Crippen molar-refractivity contribution in [1.82, 2.24) is 0 Å². The molecule has 0 bridgehead atoms.